The molecule has 58 heavy (non-hydrogen) atoms. The molecule has 2 heteroatoms. The van der Waals surface area contributed by atoms with Crippen LogP contribution in [0.2, 0.25) is 0 Å². The van der Waals surface area contributed by atoms with Gasteiger partial charge in [0.2, 0.25) is 0 Å². The highest BCUT2D eigenvalue weighted by Crippen LogP contribution is 2.59. The highest BCUT2D eigenvalue weighted by atomic mass is 32.1. The summed E-state index contributed by atoms with van der Waals surface area (Å²) in [5.74, 6) is 0. The summed E-state index contributed by atoms with van der Waals surface area (Å²) < 4.78 is 1.24. The molecule has 9 aromatic rings. The number of para-hydroxylation sites is 1. The van der Waals surface area contributed by atoms with Crippen molar-refractivity contribution in [2.45, 2.75) is 57.8 Å². The molecule has 0 spiro atoms. The maximum Gasteiger partial charge on any atom is 0.124 e. The normalized spacial score (nSPS) is 15.8. The van der Waals surface area contributed by atoms with Crippen molar-refractivity contribution in [3.63, 3.8) is 0 Å². The molecule has 0 N–H and O–H groups in total. The number of rotatable bonds is 3. The van der Waals surface area contributed by atoms with Crippen molar-refractivity contribution in [3.8, 4) is 66.2 Å². The maximum atomic E-state index is 5.02. The molecule has 0 saturated carbocycles. The van der Waals surface area contributed by atoms with Crippen LogP contribution in [0, 0.1) is 0 Å². The van der Waals surface area contributed by atoms with Crippen LogP contribution in [-0.2, 0) is 16.2 Å². The molecule has 0 radical (unpaired) electrons. The number of hydrogen-bond acceptors (Lipinski definition) is 2. The van der Waals surface area contributed by atoms with Crippen LogP contribution in [0.3, 0.4) is 0 Å². The van der Waals surface area contributed by atoms with Gasteiger partial charge in [0.05, 0.1) is 10.2 Å². The summed E-state index contributed by atoms with van der Waals surface area (Å²) in [6, 6.07) is 57.3. The molecule has 278 valence electrons. The monoisotopic (exact) mass is 761 g/mol. The van der Waals surface area contributed by atoms with E-state index in [4.69, 9.17) is 4.98 Å². The summed E-state index contributed by atoms with van der Waals surface area (Å²) in [4.78, 5) is 5.02. The maximum absolute atomic E-state index is 5.02. The molecular formula is C56H43NS. The average molecular weight is 762 g/mol. The molecule has 1 heterocycles. The number of benzene rings is 8. The Bertz CT molecular complexity index is 3200. The minimum absolute atomic E-state index is 0.124. The number of nitrogens with zero attached hydrogens (tertiary/aromatic N) is 1. The number of aromatic nitrogens is 1. The Kier molecular flexibility index (Phi) is 6.75. The molecule has 3 aliphatic carbocycles. The highest BCUT2D eigenvalue weighted by Gasteiger charge is 2.44. The van der Waals surface area contributed by atoms with E-state index in [1.807, 2.05) is 0 Å². The second-order valence-electron chi connectivity index (χ2n) is 18.4. The molecule has 1 nitrogen and oxygen atoms in total. The molecule has 0 saturated heterocycles. The van der Waals surface area contributed by atoms with Crippen LogP contribution < -0.4 is 0 Å². The van der Waals surface area contributed by atoms with Gasteiger partial charge in [-0.05, 0) is 148 Å². The lowest BCUT2D eigenvalue weighted by Gasteiger charge is -2.25. The third kappa shape index (κ3) is 4.55. The van der Waals surface area contributed by atoms with Crippen molar-refractivity contribution in [2.24, 2.45) is 0 Å². The summed E-state index contributed by atoms with van der Waals surface area (Å²) in [6.45, 7) is 14.5. The molecule has 12 rings (SSSR count). The summed E-state index contributed by atoms with van der Waals surface area (Å²) in [5, 5.41) is 3.66. The molecule has 0 atom stereocenters. The second kappa shape index (κ2) is 11.5. The van der Waals surface area contributed by atoms with Gasteiger partial charge in [0, 0.05) is 21.8 Å². The second-order valence-corrected chi connectivity index (χ2v) is 19.4. The minimum Gasteiger partial charge on any atom is -0.236 e. The van der Waals surface area contributed by atoms with E-state index in [0.717, 1.165) is 10.5 Å². The predicted molar refractivity (Wildman–Crippen MR) is 246 cm³/mol. The van der Waals surface area contributed by atoms with E-state index < -0.39 is 0 Å². The van der Waals surface area contributed by atoms with Crippen molar-refractivity contribution < 1.29 is 0 Å². The topological polar surface area (TPSA) is 12.9 Å². The SMILES string of the molecule is CC1(C)c2cc(-c3ccc(-c4cccc5ccccc45)cc3)ccc2-c2cc3c(cc21)-c1cc2c(cc1C3(C)C)-c1ccc(-c3nc4ccccc4s3)cc1C2(C)C. The van der Waals surface area contributed by atoms with Crippen molar-refractivity contribution in [3.05, 3.63) is 185 Å². The van der Waals surface area contributed by atoms with E-state index in [2.05, 4.69) is 193 Å². The van der Waals surface area contributed by atoms with Crippen LogP contribution in [0.4, 0.5) is 0 Å². The first kappa shape index (κ1) is 34.0. The Morgan fingerprint density at radius 1 is 0.362 bits per heavy atom. The van der Waals surface area contributed by atoms with Gasteiger partial charge in [-0.15, -0.1) is 11.3 Å². The molecule has 3 aliphatic rings. The van der Waals surface area contributed by atoms with Crippen LogP contribution in [0.1, 0.15) is 74.9 Å². The predicted octanol–water partition coefficient (Wildman–Crippen LogP) is 15.4. The zero-order chi connectivity index (χ0) is 39.3. The summed E-state index contributed by atoms with van der Waals surface area (Å²) in [6.07, 6.45) is 0. The first-order chi connectivity index (χ1) is 28.0. The van der Waals surface area contributed by atoms with Gasteiger partial charge in [-0.3, -0.25) is 0 Å². The fourth-order valence-electron chi connectivity index (χ4n) is 10.8. The van der Waals surface area contributed by atoms with E-state index in [0.29, 0.717) is 0 Å². The zero-order valence-electron chi connectivity index (χ0n) is 33.8. The van der Waals surface area contributed by atoms with Crippen molar-refractivity contribution in [1.82, 2.24) is 4.98 Å². The molecule has 1 aromatic heterocycles. The van der Waals surface area contributed by atoms with Gasteiger partial charge in [0.15, 0.2) is 0 Å². The van der Waals surface area contributed by atoms with E-state index >= 15 is 0 Å². The lowest BCUT2D eigenvalue weighted by molar-refractivity contribution is 0.649. The molecular weight excluding hydrogens is 719 g/mol. The molecule has 0 aliphatic heterocycles. The zero-order valence-corrected chi connectivity index (χ0v) is 34.6. The van der Waals surface area contributed by atoms with Crippen molar-refractivity contribution in [1.29, 1.82) is 0 Å². The summed E-state index contributed by atoms with van der Waals surface area (Å²) >= 11 is 1.78. The van der Waals surface area contributed by atoms with Gasteiger partial charge < -0.3 is 0 Å². The number of fused-ring (bicyclic) bond motifs is 11. The fraction of sp³-hybridized carbons (Fsp3) is 0.161. The Hall–Kier alpha value is -6.09. The Morgan fingerprint density at radius 2 is 0.828 bits per heavy atom. The molecule has 8 aromatic carbocycles. The van der Waals surface area contributed by atoms with E-state index in [-0.39, 0.29) is 16.2 Å². The Balaban J connectivity index is 0.913. The van der Waals surface area contributed by atoms with Gasteiger partial charge >= 0.3 is 0 Å². The Labute approximate surface area is 344 Å². The van der Waals surface area contributed by atoms with Gasteiger partial charge in [0.1, 0.15) is 5.01 Å². The van der Waals surface area contributed by atoms with Gasteiger partial charge in [-0.1, -0.05) is 145 Å². The van der Waals surface area contributed by atoms with Crippen molar-refractivity contribution in [2.75, 3.05) is 0 Å². The van der Waals surface area contributed by atoms with Crippen molar-refractivity contribution >= 4 is 32.3 Å². The molecule has 0 unspecified atom stereocenters. The number of thiazole rings is 1. The fourth-order valence-corrected chi connectivity index (χ4v) is 11.8. The van der Waals surface area contributed by atoms with Crippen LogP contribution in [0.15, 0.2) is 152 Å². The van der Waals surface area contributed by atoms with Crippen LogP contribution >= 0.6 is 11.3 Å². The summed E-state index contributed by atoms with van der Waals surface area (Å²) in [5.41, 5.74) is 23.8. The molecule has 0 amide bonds. The van der Waals surface area contributed by atoms with E-state index in [1.54, 1.807) is 11.3 Å². The third-order valence-corrected chi connectivity index (χ3v) is 15.2. The molecule has 0 fully saturated rings. The highest BCUT2D eigenvalue weighted by molar-refractivity contribution is 7.21. The van der Waals surface area contributed by atoms with Gasteiger partial charge in [-0.2, -0.15) is 0 Å². The van der Waals surface area contributed by atoms with Gasteiger partial charge in [0.25, 0.3) is 0 Å². The van der Waals surface area contributed by atoms with Crippen LogP contribution in [-0.4, -0.2) is 4.98 Å². The van der Waals surface area contributed by atoms with Crippen LogP contribution in [0.25, 0.3) is 87.2 Å². The standard InChI is InChI=1S/C56H43NS/c1-54(2)45-26-35(32-18-20-34(21-19-32)38-15-11-13-33-12-7-8-14-37(33)38)22-24-39(45)41-28-49-43(30-47(41)54)44-31-48-42(29-50(44)56(49,5)6)40-25-23-36(27-46(40)55(48,3)4)53-57-51-16-9-10-17-52(51)58-53/h7-31H,1-6H3. The van der Waals surface area contributed by atoms with E-state index in [9.17, 15) is 0 Å². The summed E-state index contributed by atoms with van der Waals surface area (Å²) in [7, 11) is 0. The lowest BCUT2D eigenvalue weighted by Crippen LogP contribution is -2.17. The largest absolute Gasteiger partial charge is 0.236 e. The smallest absolute Gasteiger partial charge is 0.124 e. The molecule has 0 bridgehead atoms. The Morgan fingerprint density at radius 3 is 1.45 bits per heavy atom. The van der Waals surface area contributed by atoms with Gasteiger partial charge in [-0.25, -0.2) is 4.98 Å². The van der Waals surface area contributed by atoms with Crippen LogP contribution in [0.5, 0.6) is 0 Å². The third-order valence-electron chi connectivity index (χ3n) is 14.1. The average Bonchev–Trinajstić information content (AvgIpc) is 3.91. The minimum atomic E-state index is -0.130. The quantitative estimate of drug-likeness (QED) is 0.175. The number of hydrogen-bond donors (Lipinski definition) is 0. The van der Waals surface area contributed by atoms with E-state index in [1.165, 1.54) is 110 Å². The first-order valence-corrected chi connectivity index (χ1v) is 21.4. The first-order valence-electron chi connectivity index (χ1n) is 20.6. The lowest BCUT2D eigenvalue weighted by atomic mass is 9.78.